The van der Waals surface area contributed by atoms with Crippen molar-refractivity contribution in [2.24, 2.45) is 4.99 Å². The molecule has 0 spiro atoms. The van der Waals surface area contributed by atoms with E-state index in [9.17, 15) is 4.79 Å². The van der Waals surface area contributed by atoms with Gasteiger partial charge in [0.1, 0.15) is 0 Å². The van der Waals surface area contributed by atoms with Crippen molar-refractivity contribution >= 4 is 12.0 Å². The number of nitrogens with zero attached hydrogens (tertiary/aromatic N) is 1. The fraction of sp³-hybridized carbons (Fsp3) is 0.200. The molecule has 1 rings (SSSR count). The van der Waals surface area contributed by atoms with Crippen LogP contribution in [0, 0.1) is 0 Å². The molecule has 0 amide bonds. The second kappa shape index (κ2) is 3.56. The molecular weight excluding hydrogens is 162 g/mol. The molecule has 1 heterocycles. The summed E-state index contributed by atoms with van der Waals surface area (Å²) in [5.41, 5.74) is 0. The van der Waals surface area contributed by atoms with E-state index in [0.29, 0.717) is 0 Å². The van der Waals surface area contributed by atoms with Gasteiger partial charge in [0.25, 0.3) is 0 Å². The van der Waals surface area contributed by atoms with Crippen molar-refractivity contribution in [1.82, 2.24) is 0 Å². The van der Waals surface area contributed by atoms with Gasteiger partial charge in [0.05, 0.1) is 0 Å². The third kappa shape index (κ3) is 2.10. The summed E-state index contributed by atoms with van der Waals surface area (Å²) in [5.74, 6) is -0.306. The first-order valence-corrected chi connectivity index (χ1v) is 2.22. The van der Waals surface area contributed by atoms with Gasteiger partial charge in [-0.05, 0) is 0 Å². The number of aliphatic imine (C=N–C) groups is 1. The van der Waals surface area contributed by atoms with E-state index < -0.39 is 6.10 Å². The zero-order valence-electron chi connectivity index (χ0n) is 4.47. The molecule has 0 fully saturated rings. The summed E-state index contributed by atoms with van der Waals surface area (Å²) in [6, 6.07) is 0. The number of ketones is 1. The number of rotatable bonds is 0. The van der Waals surface area contributed by atoms with Crippen LogP contribution in [0.2, 0.25) is 0 Å². The standard InChI is InChI=1S/C5H5NO2.Fe/c7-4-1-2-6-3-5(4)8;/h1-3,5,8H;. The molecular formula is C5H5FeNO2. The fourth-order valence-electron chi connectivity index (χ4n) is 0.420. The summed E-state index contributed by atoms with van der Waals surface area (Å²) in [6.07, 6.45) is 2.78. The van der Waals surface area contributed by atoms with Gasteiger partial charge >= 0.3 is 0 Å². The topological polar surface area (TPSA) is 49.7 Å². The van der Waals surface area contributed by atoms with E-state index in [1.54, 1.807) is 0 Å². The first-order valence-electron chi connectivity index (χ1n) is 2.22. The first-order chi connectivity index (χ1) is 3.80. The maximum atomic E-state index is 10.4. The van der Waals surface area contributed by atoms with Gasteiger partial charge in [-0.15, -0.1) is 0 Å². The number of hydrogen-bond donors (Lipinski definition) is 1. The molecule has 3 nitrogen and oxygen atoms in total. The third-order valence-corrected chi connectivity index (χ3v) is 0.844. The van der Waals surface area contributed by atoms with E-state index in [1.165, 1.54) is 18.5 Å². The van der Waals surface area contributed by atoms with Crippen molar-refractivity contribution in [3.05, 3.63) is 12.3 Å². The van der Waals surface area contributed by atoms with Crippen molar-refractivity contribution in [3.63, 3.8) is 0 Å². The maximum Gasteiger partial charge on any atom is 0.191 e. The Morgan fingerprint density at radius 2 is 2.33 bits per heavy atom. The van der Waals surface area contributed by atoms with Crippen LogP contribution in [0.1, 0.15) is 0 Å². The zero-order chi connectivity index (χ0) is 5.98. The van der Waals surface area contributed by atoms with Crippen molar-refractivity contribution < 1.29 is 27.0 Å². The molecule has 1 atom stereocenters. The van der Waals surface area contributed by atoms with Gasteiger partial charge in [-0.2, -0.15) is 0 Å². The van der Waals surface area contributed by atoms with Crippen LogP contribution in [0.25, 0.3) is 0 Å². The summed E-state index contributed by atoms with van der Waals surface area (Å²) >= 11 is 0. The first kappa shape index (κ1) is 8.56. The van der Waals surface area contributed by atoms with E-state index in [-0.39, 0.29) is 22.9 Å². The summed E-state index contributed by atoms with van der Waals surface area (Å²) in [6.45, 7) is 0. The van der Waals surface area contributed by atoms with Crippen molar-refractivity contribution in [1.29, 1.82) is 0 Å². The maximum absolute atomic E-state index is 10.4. The van der Waals surface area contributed by atoms with Crippen LogP contribution in [0.3, 0.4) is 0 Å². The summed E-state index contributed by atoms with van der Waals surface area (Å²) in [5, 5.41) is 8.63. The molecule has 4 heteroatoms. The third-order valence-electron chi connectivity index (χ3n) is 0.844. The van der Waals surface area contributed by atoms with Gasteiger partial charge in [-0.3, -0.25) is 9.79 Å². The SMILES string of the molecule is O=C1C=CN=CC1O.[Fe]. The Morgan fingerprint density at radius 1 is 1.67 bits per heavy atom. The van der Waals surface area contributed by atoms with Crippen LogP contribution in [-0.4, -0.2) is 23.2 Å². The van der Waals surface area contributed by atoms with Gasteiger partial charge in [0, 0.05) is 35.6 Å². The number of hydrogen-bond acceptors (Lipinski definition) is 3. The van der Waals surface area contributed by atoms with E-state index in [4.69, 9.17) is 5.11 Å². The van der Waals surface area contributed by atoms with Crippen LogP contribution in [-0.2, 0) is 21.9 Å². The predicted molar refractivity (Wildman–Crippen MR) is 28.6 cm³/mol. The number of aliphatic hydroxyl groups excluding tert-OH is 1. The minimum atomic E-state index is -1.01. The van der Waals surface area contributed by atoms with Crippen LogP contribution >= 0.6 is 0 Å². The minimum absolute atomic E-state index is 0. The molecule has 1 N–H and O–H groups in total. The van der Waals surface area contributed by atoms with Gasteiger partial charge in [-0.1, -0.05) is 0 Å². The van der Waals surface area contributed by atoms with Crippen molar-refractivity contribution in [3.8, 4) is 0 Å². The molecule has 9 heavy (non-hydrogen) atoms. The van der Waals surface area contributed by atoms with Gasteiger partial charge in [0.2, 0.25) is 0 Å². The molecule has 0 aliphatic carbocycles. The molecule has 1 unspecified atom stereocenters. The Morgan fingerprint density at radius 3 is 2.67 bits per heavy atom. The Hall–Kier alpha value is -0.441. The predicted octanol–water partition coefficient (Wildman–Crippen LogP) is -0.488. The zero-order valence-corrected chi connectivity index (χ0v) is 5.57. The Kier molecular flexibility index (Phi) is 3.39. The Balaban J connectivity index is 0.000000640. The largest absolute Gasteiger partial charge is 0.379 e. The quantitative estimate of drug-likeness (QED) is 0.495. The van der Waals surface area contributed by atoms with Gasteiger partial charge in [0.15, 0.2) is 11.9 Å². The number of aliphatic hydroxyl groups is 1. The average Bonchev–Trinajstić information content (AvgIpc) is 1.77. The molecule has 1 aliphatic heterocycles. The number of carbonyl (C=O) groups excluding carboxylic acids is 1. The van der Waals surface area contributed by atoms with Crippen LogP contribution in [0.4, 0.5) is 0 Å². The second-order valence-electron chi connectivity index (χ2n) is 1.46. The minimum Gasteiger partial charge on any atom is -0.379 e. The molecule has 0 aromatic carbocycles. The van der Waals surface area contributed by atoms with Crippen LogP contribution < -0.4 is 0 Å². The van der Waals surface area contributed by atoms with E-state index in [0.717, 1.165) is 0 Å². The van der Waals surface area contributed by atoms with Crippen LogP contribution in [0.5, 0.6) is 0 Å². The summed E-state index contributed by atoms with van der Waals surface area (Å²) < 4.78 is 0. The summed E-state index contributed by atoms with van der Waals surface area (Å²) in [4.78, 5) is 13.9. The molecule has 1 aliphatic rings. The molecule has 0 aromatic rings. The van der Waals surface area contributed by atoms with Crippen molar-refractivity contribution in [2.45, 2.75) is 6.10 Å². The Bertz CT molecular complexity index is 164. The Labute approximate surface area is 63.0 Å². The molecule has 0 saturated heterocycles. The van der Waals surface area contributed by atoms with Gasteiger partial charge in [-0.25, -0.2) is 0 Å². The van der Waals surface area contributed by atoms with E-state index >= 15 is 0 Å². The average molecular weight is 167 g/mol. The smallest absolute Gasteiger partial charge is 0.191 e. The van der Waals surface area contributed by atoms with E-state index in [1.807, 2.05) is 0 Å². The number of carbonyl (C=O) groups is 1. The molecule has 0 aromatic heterocycles. The molecule has 0 radical (unpaired) electrons. The van der Waals surface area contributed by atoms with E-state index in [2.05, 4.69) is 4.99 Å². The molecule has 0 bridgehead atoms. The van der Waals surface area contributed by atoms with Crippen molar-refractivity contribution in [2.75, 3.05) is 0 Å². The fourth-order valence-corrected chi connectivity index (χ4v) is 0.420. The normalized spacial score (nSPS) is 23.7. The van der Waals surface area contributed by atoms with Gasteiger partial charge < -0.3 is 5.11 Å². The molecule has 0 saturated carbocycles. The second-order valence-corrected chi connectivity index (χ2v) is 1.46. The monoisotopic (exact) mass is 167 g/mol. The van der Waals surface area contributed by atoms with Crippen LogP contribution in [0.15, 0.2) is 17.3 Å². The molecule has 50 valence electrons. The summed E-state index contributed by atoms with van der Waals surface area (Å²) in [7, 11) is 0.